The average Bonchev–Trinajstić information content (AvgIpc) is 3.33. The van der Waals surface area contributed by atoms with Crippen LogP contribution in [0.5, 0.6) is 0 Å². The van der Waals surface area contributed by atoms with Crippen LogP contribution in [0.3, 0.4) is 0 Å². The molecule has 0 aliphatic rings. The highest BCUT2D eigenvalue weighted by atomic mass is 32.1. The number of rotatable bonds is 6. The van der Waals surface area contributed by atoms with Crippen LogP contribution in [0.2, 0.25) is 0 Å². The van der Waals surface area contributed by atoms with Crippen molar-refractivity contribution in [2.24, 2.45) is 14.1 Å². The van der Waals surface area contributed by atoms with Gasteiger partial charge >= 0.3 is 5.69 Å². The molecule has 10 heteroatoms. The summed E-state index contributed by atoms with van der Waals surface area (Å²) < 4.78 is 3.71. The fourth-order valence-corrected chi connectivity index (χ4v) is 4.53. The van der Waals surface area contributed by atoms with E-state index in [2.05, 4.69) is 34.3 Å². The lowest BCUT2D eigenvalue weighted by Crippen LogP contribution is -2.42. The first-order valence-corrected chi connectivity index (χ1v) is 11.1. The van der Waals surface area contributed by atoms with Crippen LogP contribution in [-0.4, -0.2) is 29.6 Å². The second-order valence-electron chi connectivity index (χ2n) is 7.68. The van der Waals surface area contributed by atoms with Crippen LogP contribution >= 0.6 is 11.3 Å². The molecule has 4 rings (SSSR count). The number of hydrogen-bond acceptors (Lipinski definition) is 6. The van der Waals surface area contributed by atoms with Crippen LogP contribution in [0.1, 0.15) is 23.8 Å². The topological polar surface area (TPSA) is 104 Å². The molecule has 4 aromatic rings. The number of anilines is 1. The Morgan fingerprint density at radius 3 is 2.56 bits per heavy atom. The standard InChI is InChI=1S/C22H24N6O3S/c1-5-6-14-7-9-15(10-8-14)17-13(2)32-21(25-17)24-16(29)11-28-20(30)18-19(23-12-26(18)3)27(4)22(28)31/h7-10,12H,5-6,11H2,1-4H3,(H,24,25,29). The maximum atomic E-state index is 12.8. The summed E-state index contributed by atoms with van der Waals surface area (Å²) in [5.74, 6) is -0.496. The molecule has 0 aliphatic carbocycles. The number of benzene rings is 1. The minimum atomic E-state index is -0.598. The molecule has 166 valence electrons. The number of aryl methyl sites for hydroxylation is 4. The second-order valence-corrected chi connectivity index (χ2v) is 8.88. The molecule has 1 aromatic carbocycles. The van der Waals surface area contributed by atoms with E-state index < -0.39 is 23.7 Å². The van der Waals surface area contributed by atoms with Crippen LogP contribution in [0.4, 0.5) is 5.13 Å². The molecular weight excluding hydrogens is 428 g/mol. The lowest BCUT2D eigenvalue weighted by Gasteiger charge is -2.08. The number of amides is 1. The first-order valence-electron chi connectivity index (χ1n) is 10.3. The lowest BCUT2D eigenvalue weighted by atomic mass is 10.1. The Bertz CT molecular complexity index is 1430. The number of hydrogen-bond donors (Lipinski definition) is 1. The van der Waals surface area contributed by atoms with E-state index in [1.165, 1.54) is 39.4 Å². The summed E-state index contributed by atoms with van der Waals surface area (Å²) in [7, 11) is 3.19. The van der Waals surface area contributed by atoms with Gasteiger partial charge in [-0.15, -0.1) is 11.3 Å². The number of imidazole rings is 1. The van der Waals surface area contributed by atoms with Gasteiger partial charge in [0, 0.05) is 24.5 Å². The van der Waals surface area contributed by atoms with Crippen molar-refractivity contribution in [1.82, 2.24) is 23.7 Å². The first-order chi connectivity index (χ1) is 15.3. The van der Waals surface area contributed by atoms with Gasteiger partial charge < -0.3 is 9.88 Å². The highest BCUT2D eigenvalue weighted by molar-refractivity contribution is 7.16. The van der Waals surface area contributed by atoms with E-state index in [1.54, 1.807) is 7.05 Å². The third kappa shape index (κ3) is 3.89. The van der Waals surface area contributed by atoms with Crippen molar-refractivity contribution in [3.05, 3.63) is 61.9 Å². The zero-order valence-electron chi connectivity index (χ0n) is 18.4. The van der Waals surface area contributed by atoms with E-state index in [1.807, 2.05) is 19.1 Å². The van der Waals surface area contributed by atoms with Crippen LogP contribution < -0.4 is 16.6 Å². The van der Waals surface area contributed by atoms with Gasteiger partial charge in [0.2, 0.25) is 5.91 Å². The number of nitrogens with one attached hydrogen (secondary N) is 1. The fourth-order valence-electron chi connectivity index (χ4n) is 3.67. The summed E-state index contributed by atoms with van der Waals surface area (Å²) in [5, 5.41) is 3.14. The van der Waals surface area contributed by atoms with Crippen LogP contribution in [0, 0.1) is 6.92 Å². The quantitative estimate of drug-likeness (QED) is 0.484. The highest BCUT2D eigenvalue weighted by Crippen LogP contribution is 2.30. The molecule has 9 nitrogen and oxygen atoms in total. The molecular formula is C22H24N6O3S. The van der Waals surface area contributed by atoms with Crippen molar-refractivity contribution in [3.63, 3.8) is 0 Å². The van der Waals surface area contributed by atoms with E-state index in [9.17, 15) is 14.4 Å². The largest absolute Gasteiger partial charge is 0.332 e. The van der Waals surface area contributed by atoms with E-state index >= 15 is 0 Å². The predicted molar refractivity (Wildman–Crippen MR) is 125 cm³/mol. The van der Waals surface area contributed by atoms with Gasteiger partial charge in [0.1, 0.15) is 6.54 Å². The van der Waals surface area contributed by atoms with Crippen molar-refractivity contribution in [2.75, 3.05) is 5.32 Å². The smallest absolute Gasteiger partial charge is 0.328 e. The second kappa shape index (κ2) is 8.54. The first kappa shape index (κ1) is 21.7. The third-order valence-electron chi connectivity index (χ3n) is 5.31. The SMILES string of the molecule is CCCc1ccc(-c2nc(NC(=O)Cn3c(=O)c4c(ncn4C)n(C)c3=O)sc2C)cc1. The number of aromatic nitrogens is 5. The Labute approximate surface area is 188 Å². The number of nitrogens with zero attached hydrogens (tertiary/aromatic N) is 5. The zero-order chi connectivity index (χ0) is 23.0. The average molecular weight is 453 g/mol. The van der Waals surface area contributed by atoms with Crippen LogP contribution in [0.15, 0.2) is 40.2 Å². The van der Waals surface area contributed by atoms with Gasteiger partial charge in [-0.3, -0.25) is 14.2 Å². The maximum Gasteiger partial charge on any atom is 0.332 e. The Morgan fingerprint density at radius 2 is 1.88 bits per heavy atom. The van der Waals surface area contributed by atoms with Crippen LogP contribution in [0.25, 0.3) is 22.4 Å². The fraction of sp³-hybridized carbons (Fsp3) is 0.318. The van der Waals surface area contributed by atoms with Crippen molar-refractivity contribution in [2.45, 2.75) is 33.2 Å². The highest BCUT2D eigenvalue weighted by Gasteiger charge is 2.18. The molecule has 1 amide bonds. The maximum absolute atomic E-state index is 12.8. The monoisotopic (exact) mass is 452 g/mol. The normalized spacial score (nSPS) is 11.2. The molecule has 0 bridgehead atoms. The predicted octanol–water partition coefficient (Wildman–Crippen LogP) is 2.46. The van der Waals surface area contributed by atoms with Crippen molar-refractivity contribution < 1.29 is 4.79 Å². The van der Waals surface area contributed by atoms with E-state index in [4.69, 9.17) is 0 Å². The molecule has 0 unspecified atom stereocenters. The molecule has 0 radical (unpaired) electrons. The molecule has 32 heavy (non-hydrogen) atoms. The summed E-state index contributed by atoms with van der Waals surface area (Å²) in [6, 6.07) is 8.25. The summed E-state index contributed by atoms with van der Waals surface area (Å²) in [4.78, 5) is 47.7. The van der Waals surface area contributed by atoms with Gasteiger partial charge in [-0.1, -0.05) is 37.6 Å². The van der Waals surface area contributed by atoms with Gasteiger partial charge in [-0.05, 0) is 18.9 Å². The van der Waals surface area contributed by atoms with Crippen molar-refractivity contribution >= 4 is 33.5 Å². The Balaban J connectivity index is 1.57. The van der Waals surface area contributed by atoms with Gasteiger partial charge in [0.15, 0.2) is 16.3 Å². The molecule has 0 saturated heterocycles. The van der Waals surface area contributed by atoms with E-state index in [-0.39, 0.29) is 11.2 Å². The molecule has 0 aliphatic heterocycles. The van der Waals surface area contributed by atoms with Gasteiger partial charge in [0.25, 0.3) is 5.56 Å². The summed E-state index contributed by atoms with van der Waals surface area (Å²) in [6.45, 7) is 3.68. The van der Waals surface area contributed by atoms with E-state index in [0.29, 0.717) is 5.13 Å². The number of carbonyl (C=O) groups excluding carboxylic acids is 1. The minimum Gasteiger partial charge on any atom is -0.328 e. The summed E-state index contributed by atoms with van der Waals surface area (Å²) in [6.07, 6.45) is 3.58. The van der Waals surface area contributed by atoms with Gasteiger partial charge in [-0.2, -0.15) is 0 Å². The lowest BCUT2D eigenvalue weighted by molar-refractivity contribution is -0.116. The van der Waals surface area contributed by atoms with Crippen molar-refractivity contribution in [3.8, 4) is 11.3 Å². The number of thiazole rings is 1. The molecule has 0 fully saturated rings. The van der Waals surface area contributed by atoms with Gasteiger partial charge in [-0.25, -0.2) is 19.3 Å². The van der Waals surface area contributed by atoms with Gasteiger partial charge in [0.05, 0.1) is 12.0 Å². The van der Waals surface area contributed by atoms with Crippen molar-refractivity contribution in [1.29, 1.82) is 0 Å². The number of carbonyl (C=O) groups is 1. The molecule has 3 heterocycles. The Hall–Kier alpha value is -3.53. The molecule has 0 atom stereocenters. The number of fused-ring (bicyclic) bond motifs is 1. The molecule has 0 saturated carbocycles. The molecule has 3 aromatic heterocycles. The Morgan fingerprint density at radius 1 is 1.16 bits per heavy atom. The minimum absolute atomic E-state index is 0.263. The molecule has 0 spiro atoms. The summed E-state index contributed by atoms with van der Waals surface area (Å²) in [5.41, 5.74) is 2.45. The summed E-state index contributed by atoms with van der Waals surface area (Å²) >= 11 is 1.35. The Kier molecular flexibility index (Phi) is 5.79. The third-order valence-corrected chi connectivity index (χ3v) is 6.20. The van der Waals surface area contributed by atoms with Crippen LogP contribution in [-0.2, 0) is 31.9 Å². The molecule has 1 N–H and O–H groups in total. The van der Waals surface area contributed by atoms with E-state index in [0.717, 1.165) is 33.5 Å². The zero-order valence-corrected chi connectivity index (χ0v) is 19.2.